The Kier molecular flexibility index (Phi) is 4.30. The van der Waals surface area contributed by atoms with Gasteiger partial charge in [0.05, 0.1) is 5.60 Å². The van der Waals surface area contributed by atoms with Crippen molar-refractivity contribution in [1.29, 1.82) is 0 Å². The number of fused-ring (bicyclic) bond motifs is 1. The second-order valence-corrected chi connectivity index (χ2v) is 6.11. The highest BCUT2D eigenvalue weighted by Gasteiger charge is 2.26. The number of benzene rings is 1. The van der Waals surface area contributed by atoms with Crippen molar-refractivity contribution >= 4 is 11.8 Å². The molecule has 2 rings (SSSR count). The summed E-state index contributed by atoms with van der Waals surface area (Å²) in [5.74, 6) is 0.515. The van der Waals surface area contributed by atoms with Gasteiger partial charge in [-0.05, 0) is 49.3 Å². The van der Waals surface area contributed by atoms with Gasteiger partial charge in [0.25, 0.3) is 0 Å². The van der Waals surface area contributed by atoms with Gasteiger partial charge in [-0.15, -0.1) is 0 Å². The van der Waals surface area contributed by atoms with Gasteiger partial charge in [-0.2, -0.15) is 11.8 Å². The molecule has 0 bridgehead atoms. The smallest absolute Gasteiger partial charge is 0.123 e. The molecule has 2 atom stereocenters. The van der Waals surface area contributed by atoms with E-state index in [-0.39, 0.29) is 11.9 Å². The molecule has 0 amide bonds. The lowest BCUT2D eigenvalue weighted by Gasteiger charge is -2.25. The number of aryl methyl sites for hydroxylation is 1. The molecular formula is C14H20FNOS. The summed E-state index contributed by atoms with van der Waals surface area (Å²) in [6.07, 6.45) is 3.95. The van der Waals surface area contributed by atoms with Gasteiger partial charge in [-0.25, -0.2) is 4.39 Å². The Morgan fingerprint density at radius 3 is 3.06 bits per heavy atom. The van der Waals surface area contributed by atoms with Crippen molar-refractivity contribution in [3.63, 3.8) is 0 Å². The third kappa shape index (κ3) is 3.25. The molecule has 1 aromatic rings. The molecule has 0 unspecified atom stereocenters. The van der Waals surface area contributed by atoms with E-state index in [1.54, 1.807) is 17.8 Å². The average molecular weight is 269 g/mol. The van der Waals surface area contributed by atoms with E-state index in [0.717, 1.165) is 18.4 Å². The quantitative estimate of drug-likeness (QED) is 0.861. The molecule has 1 aliphatic rings. The van der Waals surface area contributed by atoms with Crippen LogP contribution in [0, 0.1) is 5.82 Å². The van der Waals surface area contributed by atoms with Crippen LogP contribution in [0.2, 0.25) is 0 Å². The van der Waals surface area contributed by atoms with Crippen molar-refractivity contribution < 1.29 is 9.50 Å². The molecule has 0 spiro atoms. The molecule has 0 aliphatic heterocycles. The first-order valence-electron chi connectivity index (χ1n) is 6.25. The van der Waals surface area contributed by atoms with E-state index in [2.05, 4.69) is 5.32 Å². The summed E-state index contributed by atoms with van der Waals surface area (Å²) in [7, 11) is 0. The maximum Gasteiger partial charge on any atom is 0.123 e. The Balaban J connectivity index is 1.99. The largest absolute Gasteiger partial charge is 0.388 e. The predicted octanol–water partition coefficient (Wildman–Crippen LogP) is 2.52. The number of thioether (sulfide) groups is 1. The zero-order valence-corrected chi connectivity index (χ0v) is 11.7. The van der Waals surface area contributed by atoms with Crippen LogP contribution in [0.15, 0.2) is 18.2 Å². The van der Waals surface area contributed by atoms with Gasteiger partial charge in [0.15, 0.2) is 0 Å². The van der Waals surface area contributed by atoms with E-state index in [9.17, 15) is 9.50 Å². The van der Waals surface area contributed by atoms with Crippen LogP contribution in [-0.4, -0.2) is 29.3 Å². The Bertz CT molecular complexity index is 422. The summed E-state index contributed by atoms with van der Waals surface area (Å²) in [6, 6.07) is 5.17. The van der Waals surface area contributed by atoms with Crippen LogP contribution in [0.3, 0.4) is 0 Å². The van der Waals surface area contributed by atoms with Gasteiger partial charge in [0.2, 0.25) is 0 Å². The van der Waals surface area contributed by atoms with Crippen LogP contribution in [0.25, 0.3) is 0 Å². The number of hydrogen-bond acceptors (Lipinski definition) is 3. The highest BCUT2D eigenvalue weighted by Crippen LogP contribution is 2.31. The fraction of sp³-hybridized carbons (Fsp3) is 0.571. The van der Waals surface area contributed by atoms with Crippen molar-refractivity contribution in [3.05, 3.63) is 35.1 Å². The minimum absolute atomic E-state index is 0.170. The Morgan fingerprint density at radius 2 is 2.33 bits per heavy atom. The van der Waals surface area contributed by atoms with Crippen molar-refractivity contribution in [2.24, 2.45) is 0 Å². The topological polar surface area (TPSA) is 32.3 Å². The van der Waals surface area contributed by atoms with Gasteiger partial charge in [-0.1, -0.05) is 6.07 Å². The molecule has 4 heteroatoms. The number of rotatable bonds is 5. The first kappa shape index (κ1) is 13.8. The molecule has 0 aromatic heterocycles. The van der Waals surface area contributed by atoms with Crippen LogP contribution < -0.4 is 5.32 Å². The van der Waals surface area contributed by atoms with Gasteiger partial charge in [0.1, 0.15) is 5.82 Å². The van der Waals surface area contributed by atoms with Crippen LogP contribution in [-0.2, 0) is 6.42 Å². The van der Waals surface area contributed by atoms with Gasteiger partial charge in [0, 0.05) is 18.3 Å². The summed E-state index contributed by atoms with van der Waals surface area (Å²) in [4.78, 5) is 0. The third-order valence-corrected chi connectivity index (χ3v) is 4.28. The fourth-order valence-electron chi connectivity index (χ4n) is 2.49. The summed E-state index contributed by atoms with van der Waals surface area (Å²) in [6.45, 7) is 2.37. The molecule has 0 heterocycles. The molecule has 0 fully saturated rings. The third-order valence-electron chi connectivity index (χ3n) is 3.37. The molecule has 0 saturated carbocycles. The SMILES string of the molecule is CSC[C@@](C)(O)CN[C@@H]1CCc2ccc(F)cc21. The highest BCUT2D eigenvalue weighted by atomic mass is 32.2. The zero-order valence-electron chi connectivity index (χ0n) is 10.9. The van der Waals surface area contributed by atoms with E-state index in [0.29, 0.717) is 12.3 Å². The molecule has 100 valence electrons. The van der Waals surface area contributed by atoms with Crippen molar-refractivity contribution in [1.82, 2.24) is 5.32 Å². The van der Waals surface area contributed by atoms with Crippen molar-refractivity contribution in [3.8, 4) is 0 Å². The van der Waals surface area contributed by atoms with E-state index in [1.807, 2.05) is 19.2 Å². The maximum atomic E-state index is 13.2. The molecular weight excluding hydrogens is 249 g/mol. The van der Waals surface area contributed by atoms with Crippen molar-refractivity contribution in [2.45, 2.75) is 31.4 Å². The number of halogens is 1. The van der Waals surface area contributed by atoms with E-state index in [4.69, 9.17) is 0 Å². The first-order valence-corrected chi connectivity index (χ1v) is 7.64. The molecule has 0 radical (unpaired) electrons. The maximum absolute atomic E-state index is 13.2. The molecule has 2 nitrogen and oxygen atoms in total. The number of hydrogen-bond donors (Lipinski definition) is 2. The lowest BCUT2D eigenvalue weighted by molar-refractivity contribution is 0.0814. The predicted molar refractivity (Wildman–Crippen MR) is 74.5 cm³/mol. The van der Waals surface area contributed by atoms with E-state index < -0.39 is 5.60 Å². The van der Waals surface area contributed by atoms with Gasteiger partial charge in [-0.3, -0.25) is 0 Å². The molecule has 1 aliphatic carbocycles. The average Bonchev–Trinajstić information content (AvgIpc) is 2.69. The van der Waals surface area contributed by atoms with E-state index in [1.165, 1.54) is 11.6 Å². The van der Waals surface area contributed by atoms with Crippen LogP contribution >= 0.6 is 11.8 Å². The summed E-state index contributed by atoms with van der Waals surface area (Å²) in [5.41, 5.74) is 1.56. The van der Waals surface area contributed by atoms with Crippen molar-refractivity contribution in [2.75, 3.05) is 18.6 Å². The Hall–Kier alpha value is -0.580. The fourth-order valence-corrected chi connectivity index (χ4v) is 3.21. The summed E-state index contributed by atoms with van der Waals surface area (Å²) < 4.78 is 13.2. The summed E-state index contributed by atoms with van der Waals surface area (Å²) in [5, 5.41) is 13.5. The van der Waals surface area contributed by atoms with E-state index >= 15 is 0 Å². The van der Waals surface area contributed by atoms with Gasteiger partial charge < -0.3 is 10.4 Å². The highest BCUT2D eigenvalue weighted by molar-refractivity contribution is 7.98. The number of nitrogens with one attached hydrogen (secondary N) is 1. The standard InChI is InChI=1S/C14H20FNOS/c1-14(17,9-18-2)8-16-13-6-4-10-3-5-11(15)7-12(10)13/h3,5,7,13,16-17H,4,6,8-9H2,1-2H3/t13-,14+/m1/s1. The molecule has 1 aromatic carbocycles. The second kappa shape index (κ2) is 5.59. The molecule has 2 N–H and O–H groups in total. The van der Waals surface area contributed by atoms with Crippen LogP contribution in [0.4, 0.5) is 4.39 Å². The van der Waals surface area contributed by atoms with Crippen LogP contribution in [0.1, 0.15) is 30.5 Å². The lowest BCUT2D eigenvalue weighted by atomic mass is 10.1. The monoisotopic (exact) mass is 269 g/mol. The minimum Gasteiger partial charge on any atom is -0.388 e. The lowest BCUT2D eigenvalue weighted by Crippen LogP contribution is -2.41. The first-order chi connectivity index (χ1) is 8.52. The molecule has 18 heavy (non-hydrogen) atoms. The second-order valence-electron chi connectivity index (χ2n) is 5.25. The Labute approximate surface area is 112 Å². The number of aliphatic hydroxyl groups is 1. The minimum atomic E-state index is -0.713. The molecule has 0 saturated heterocycles. The normalized spacial score (nSPS) is 21.7. The summed E-state index contributed by atoms with van der Waals surface area (Å²) >= 11 is 1.63. The van der Waals surface area contributed by atoms with Gasteiger partial charge >= 0.3 is 0 Å². The zero-order chi connectivity index (χ0) is 13.2. The Morgan fingerprint density at radius 1 is 1.56 bits per heavy atom. The van der Waals surface area contributed by atoms with Crippen LogP contribution in [0.5, 0.6) is 0 Å².